The quantitative estimate of drug-likeness (QED) is 0.775. The third-order valence-electron chi connectivity index (χ3n) is 2.45. The Balaban J connectivity index is 2.19. The second-order valence-corrected chi connectivity index (χ2v) is 4.22. The monoisotopic (exact) mass is 254 g/mol. The zero-order chi connectivity index (χ0) is 12.4. The summed E-state index contributed by atoms with van der Waals surface area (Å²) < 4.78 is 10.3. The lowest BCUT2D eigenvalue weighted by atomic mass is 10.0. The van der Waals surface area contributed by atoms with Crippen LogP contribution in [0.4, 0.5) is 0 Å². The van der Waals surface area contributed by atoms with Gasteiger partial charge in [-0.1, -0.05) is 11.6 Å². The number of benzene rings is 1. The molecular formula is C12H11ClO4. The molecule has 0 radical (unpaired) electrons. The summed E-state index contributed by atoms with van der Waals surface area (Å²) in [5, 5.41) is 0.353. The molecule has 17 heavy (non-hydrogen) atoms. The van der Waals surface area contributed by atoms with Gasteiger partial charge in [0, 0.05) is 18.4 Å². The molecule has 0 atom stereocenters. The predicted octanol–water partition coefficient (Wildman–Crippen LogP) is 2.62. The maximum atomic E-state index is 11.8. The van der Waals surface area contributed by atoms with Gasteiger partial charge < -0.3 is 14.3 Å². The molecular weight excluding hydrogens is 244 g/mol. The summed E-state index contributed by atoms with van der Waals surface area (Å²) in [7, 11) is 0. The van der Waals surface area contributed by atoms with Gasteiger partial charge in [0.25, 0.3) is 0 Å². The number of carbonyl (C=O) groups is 2. The molecule has 0 aliphatic carbocycles. The van der Waals surface area contributed by atoms with Gasteiger partial charge in [-0.15, -0.1) is 0 Å². The Hall–Kier alpha value is -1.55. The molecule has 1 aromatic rings. The van der Waals surface area contributed by atoms with E-state index < -0.39 is 0 Å². The minimum Gasteiger partial charge on any atom is -0.454 e. The lowest BCUT2D eigenvalue weighted by molar-refractivity contribution is -0.116. The van der Waals surface area contributed by atoms with Crippen LogP contribution in [0.25, 0.3) is 0 Å². The fourth-order valence-corrected chi connectivity index (χ4v) is 1.83. The van der Waals surface area contributed by atoms with Crippen molar-refractivity contribution in [1.82, 2.24) is 0 Å². The molecule has 0 amide bonds. The van der Waals surface area contributed by atoms with E-state index in [1.807, 2.05) is 0 Å². The van der Waals surface area contributed by atoms with Crippen LogP contribution in [0.5, 0.6) is 11.5 Å². The standard InChI is InChI=1S/C12H11ClO4/c1-7(14)2-3-10(15)8-4-9(13)12-11(5-8)16-6-17-12/h4-5H,2-3,6H2,1H3. The normalized spacial score (nSPS) is 12.6. The van der Waals surface area contributed by atoms with Gasteiger partial charge in [-0.25, -0.2) is 0 Å². The molecule has 1 aromatic carbocycles. The molecule has 4 nitrogen and oxygen atoms in total. The van der Waals surface area contributed by atoms with Crippen molar-refractivity contribution in [2.45, 2.75) is 19.8 Å². The van der Waals surface area contributed by atoms with Crippen LogP contribution in [0.3, 0.4) is 0 Å². The highest BCUT2D eigenvalue weighted by Gasteiger charge is 2.20. The van der Waals surface area contributed by atoms with Crippen LogP contribution in [0.15, 0.2) is 12.1 Å². The second-order valence-electron chi connectivity index (χ2n) is 3.82. The third-order valence-corrected chi connectivity index (χ3v) is 2.73. The van der Waals surface area contributed by atoms with Crippen LogP contribution < -0.4 is 9.47 Å². The Morgan fingerprint density at radius 1 is 1.29 bits per heavy atom. The van der Waals surface area contributed by atoms with Crippen LogP contribution in [-0.2, 0) is 4.79 Å². The average molecular weight is 255 g/mol. The summed E-state index contributed by atoms with van der Waals surface area (Å²) in [4.78, 5) is 22.6. The summed E-state index contributed by atoms with van der Waals surface area (Å²) in [6, 6.07) is 3.13. The van der Waals surface area contributed by atoms with Crippen molar-refractivity contribution in [2.24, 2.45) is 0 Å². The summed E-state index contributed by atoms with van der Waals surface area (Å²) in [5.74, 6) is 0.809. The molecule has 1 heterocycles. The highest BCUT2D eigenvalue weighted by Crippen LogP contribution is 2.40. The SMILES string of the molecule is CC(=O)CCC(=O)c1cc(Cl)c2c(c1)OCO2. The molecule has 2 rings (SSSR count). The van der Waals surface area contributed by atoms with Crippen molar-refractivity contribution in [3.8, 4) is 11.5 Å². The van der Waals surface area contributed by atoms with Gasteiger partial charge >= 0.3 is 0 Å². The summed E-state index contributed by atoms with van der Waals surface area (Å²) in [6.07, 6.45) is 0.427. The summed E-state index contributed by atoms with van der Waals surface area (Å²) >= 11 is 5.96. The van der Waals surface area contributed by atoms with E-state index in [0.717, 1.165) is 0 Å². The first kappa shape index (κ1) is 11.9. The molecule has 0 spiro atoms. The van der Waals surface area contributed by atoms with E-state index in [1.165, 1.54) is 13.0 Å². The number of hydrogen-bond donors (Lipinski definition) is 0. The van der Waals surface area contributed by atoms with Crippen LogP contribution in [0.2, 0.25) is 5.02 Å². The van der Waals surface area contributed by atoms with E-state index in [0.29, 0.717) is 22.1 Å². The number of rotatable bonds is 4. The Morgan fingerprint density at radius 2 is 2.06 bits per heavy atom. The zero-order valence-electron chi connectivity index (χ0n) is 9.29. The lowest BCUT2D eigenvalue weighted by Gasteiger charge is -2.03. The summed E-state index contributed by atoms with van der Waals surface area (Å²) in [6.45, 7) is 1.57. The van der Waals surface area contributed by atoms with E-state index in [4.69, 9.17) is 21.1 Å². The molecule has 0 aromatic heterocycles. The molecule has 0 saturated heterocycles. The van der Waals surface area contributed by atoms with Crippen molar-refractivity contribution in [2.75, 3.05) is 6.79 Å². The predicted molar refractivity (Wildman–Crippen MR) is 61.8 cm³/mol. The van der Waals surface area contributed by atoms with Crippen LogP contribution in [-0.4, -0.2) is 18.4 Å². The van der Waals surface area contributed by atoms with Gasteiger partial charge in [-0.2, -0.15) is 0 Å². The number of ketones is 2. The topological polar surface area (TPSA) is 52.6 Å². The summed E-state index contributed by atoms with van der Waals surface area (Å²) in [5.41, 5.74) is 0.445. The third kappa shape index (κ3) is 2.58. The van der Waals surface area contributed by atoms with E-state index in [2.05, 4.69) is 0 Å². The van der Waals surface area contributed by atoms with Crippen LogP contribution in [0, 0.1) is 0 Å². The number of ether oxygens (including phenoxy) is 2. The molecule has 90 valence electrons. The van der Waals surface area contributed by atoms with Gasteiger partial charge in [-0.3, -0.25) is 4.79 Å². The first-order chi connectivity index (χ1) is 8.08. The van der Waals surface area contributed by atoms with Gasteiger partial charge in [-0.05, 0) is 19.1 Å². The molecule has 5 heteroatoms. The average Bonchev–Trinajstić information content (AvgIpc) is 2.74. The smallest absolute Gasteiger partial charge is 0.231 e. The van der Waals surface area contributed by atoms with Crippen LogP contribution in [0.1, 0.15) is 30.1 Å². The van der Waals surface area contributed by atoms with E-state index in [1.54, 1.807) is 6.07 Å². The Labute approximate surface area is 103 Å². The molecule has 0 bridgehead atoms. The number of hydrogen-bond acceptors (Lipinski definition) is 4. The van der Waals surface area contributed by atoms with Crippen LogP contribution >= 0.6 is 11.6 Å². The van der Waals surface area contributed by atoms with Crippen molar-refractivity contribution >= 4 is 23.2 Å². The van der Waals surface area contributed by atoms with E-state index in [-0.39, 0.29) is 31.2 Å². The maximum absolute atomic E-state index is 11.8. The fraction of sp³-hybridized carbons (Fsp3) is 0.333. The molecule has 1 aliphatic heterocycles. The number of fused-ring (bicyclic) bond motifs is 1. The Bertz CT molecular complexity index is 482. The fourth-order valence-electron chi connectivity index (χ4n) is 1.56. The van der Waals surface area contributed by atoms with Crippen molar-refractivity contribution in [1.29, 1.82) is 0 Å². The van der Waals surface area contributed by atoms with Crippen molar-refractivity contribution < 1.29 is 19.1 Å². The van der Waals surface area contributed by atoms with E-state index >= 15 is 0 Å². The zero-order valence-corrected chi connectivity index (χ0v) is 10.0. The largest absolute Gasteiger partial charge is 0.454 e. The molecule has 1 aliphatic rings. The highest BCUT2D eigenvalue weighted by molar-refractivity contribution is 6.32. The molecule has 0 N–H and O–H groups in total. The first-order valence-electron chi connectivity index (χ1n) is 5.19. The van der Waals surface area contributed by atoms with Gasteiger partial charge in [0.15, 0.2) is 17.3 Å². The number of Topliss-reactive ketones (excluding diaryl/α,β-unsaturated/α-hetero) is 2. The first-order valence-corrected chi connectivity index (χ1v) is 5.57. The number of carbonyl (C=O) groups excluding carboxylic acids is 2. The van der Waals surface area contributed by atoms with Gasteiger partial charge in [0.05, 0.1) is 5.02 Å². The molecule has 0 fully saturated rings. The van der Waals surface area contributed by atoms with Gasteiger partial charge in [0.2, 0.25) is 6.79 Å². The minimum atomic E-state index is -0.125. The highest BCUT2D eigenvalue weighted by atomic mass is 35.5. The Kier molecular flexibility index (Phi) is 3.33. The number of halogens is 1. The lowest BCUT2D eigenvalue weighted by Crippen LogP contribution is -2.02. The minimum absolute atomic E-state index is 0.00908. The Morgan fingerprint density at radius 3 is 2.76 bits per heavy atom. The van der Waals surface area contributed by atoms with Crippen molar-refractivity contribution in [3.05, 3.63) is 22.7 Å². The van der Waals surface area contributed by atoms with Crippen molar-refractivity contribution in [3.63, 3.8) is 0 Å². The molecule has 0 unspecified atom stereocenters. The maximum Gasteiger partial charge on any atom is 0.231 e. The van der Waals surface area contributed by atoms with E-state index in [9.17, 15) is 9.59 Å². The second kappa shape index (κ2) is 4.75. The molecule has 0 saturated carbocycles. The van der Waals surface area contributed by atoms with Gasteiger partial charge in [0.1, 0.15) is 5.78 Å².